The predicted octanol–water partition coefficient (Wildman–Crippen LogP) is 0.305. The zero-order valence-electron chi connectivity index (χ0n) is 4.70. The maximum Gasteiger partial charge on any atom is 0.320 e. The molecule has 2 N–H and O–H groups in total. The molecule has 1 heterocycles. The van der Waals surface area contributed by atoms with E-state index in [0.717, 1.165) is 0 Å². The Hall–Kier alpha value is -0.750. The Morgan fingerprint density at radius 2 is 2.40 bits per heavy atom. The van der Waals surface area contributed by atoms with Crippen molar-refractivity contribution in [2.24, 2.45) is 0 Å². The summed E-state index contributed by atoms with van der Waals surface area (Å²) in [7, 11) is 1.14. The van der Waals surface area contributed by atoms with E-state index in [9.17, 15) is 8.42 Å². The first-order valence-corrected chi connectivity index (χ1v) is 4.60. The first kappa shape index (κ1) is 7.36. The van der Waals surface area contributed by atoms with Crippen molar-refractivity contribution in [2.45, 2.75) is 0 Å². The van der Waals surface area contributed by atoms with Crippen molar-refractivity contribution in [3.63, 3.8) is 0 Å². The summed E-state index contributed by atoms with van der Waals surface area (Å²) in [6, 6.07) is 1.44. The summed E-state index contributed by atoms with van der Waals surface area (Å²) < 4.78 is 22.6. The molecule has 0 aromatic carbocycles. The van der Waals surface area contributed by atoms with Crippen LogP contribution in [0.15, 0.2) is 12.3 Å². The highest BCUT2D eigenvalue weighted by molar-refractivity contribution is 8.14. The minimum atomic E-state index is -3.70. The normalized spacial score (nSPS) is 11.3. The molecule has 0 saturated heterocycles. The molecule has 5 nitrogen and oxygen atoms in total. The van der Waals surface area contributed by atoms with E-state index in [4.69, 9.17) is 10.7 Å². The third-order valence-corrected chi connectivity index (χ3v) is 1.43. The van der Waals surface area contributed by atoms with Crippen LogP contribution in [0.3, 0.4) is 0 Å². The lowest BCUT2D eigenvalue weighted by Crippen LogP contribution is -2.04. The van der Waals surface area contributed by atoms with Crippen LogP contribution in [0.2, 0.25) is 0 Å². The van der Waals surface area contributed by atoms with Crippen molar-refractivity contribution in [2.75, 3.05) is 4.72 Å². The Labute approximate surface area is 61.9 Å². The number of aromatic amines is 1. The molecule has 56 valence electrons. The van der Waals surface area contributed by atoms with Crippen LogP contribution < -0.4 is 4.72 Å². The minimum absolute atomic E-state index is 0.245. The molecule has 0 radical (unpaired) electrons. The number of nitrogens with zero attached hydrogens (tertiary/aromatic N) is 1. The van der Waals surface area contributed by atoms with Gasteiger partial charge in [-0.3, -0.25) is 9.82 Å². The van der Waals surface area contributed by atoms with Gasteiger partial charge in [-0.1, -0.05) is 0 Å². The van der Waals surface area contributed by atoms with Crippen LogP contribution in [-0.2, 0) is 9.24 Å². The SMILES string of the molecule is O=S(=O)(Cl)Nc1ccn[nH]1. The largest absolute Gasteiger partial charge is 0.320 e. The Morgan fingerprint density at radius 3 is 2.80 bits per heavy atom. The summed E-state index contributed by atoms with van der Waals surface area (Å²) in [6.45, 7) is 0. The number of H-pyrrole nitrogens is 1. The highest BCUT2D eigenvalue weighted by Gasteiger charge is 2.03. The highest BCUT2D eigenvalue weighted by atomic mass is 35.7. The molecule has 7 heteroatoms. The fourth-order valence-electron chi connectivity index (χ4n) is 0.444. The number of hydrogen-bond acceptors (Lipinski definition) is 3. The van der Waals surface area contributed by atoms with Crippen molar-refractivity contribution in [3.05, 3.63) is 12.3 Å². The Kier molecular flexibility index (Phi) is 1.82. The minimum Gasteiger partial charge on any atom is -0.262 e. The zero-order chi connectivity index (χ0) is 7.61. The summed E-state index contributed by atoms with van der Waals surface area (Å²) >= 11 is 0. The molecule has 1 rings (SSSR count). The third kappa shape index (κ3) is 2.24. The van der Waals surface area contributed by atoms with Crippen molar-refractivity contribution in [3.8, 4) is 0 Å². The average molecular weight is 182 g/mol. The summed E-state index contributed by atoms with van der Waals surface area (Å²) in [5, 5.41) is 5.86. The van der Waals surface area contributed by atoms with Crippen LogP contribution in [-0.4, -0.2) is 18.6 Å². The quantitative estimate of drug-likeness (QED) is 0.645. The number of nitrogens with one attached hydrogen (secondary N) is 2. The molecule has 0 saturated carbocycles. The first-order valence-electron chi connectivity index (χ1n) is 2.30. The van der Waals surface area contributed by atoms with Crippen LogP contribution in [0.4, 0.5) is 5.82 Å². The van der Waals surface area contributed by atoms with Gasteiger partial charge in [0.05, 0.1) is 6.20 Å². The summed E-state index contributed by atoms with van der Waals surface area (Å²) in [4.78, 5) is 0. The molecular formula is C3H4ClN3O2S. The second-order valence-corrected chi connectivity index (χ2v) is 3.81. The molecule has 1 aromatic rings. The van der Waals surface area contributed by atoms with Gasteiger partial charge in [0.15, 0.2) is 0 Å². The van der Waals surface area contributed by atoms with Crippen molar-refractivity contribution in [1.82, 2.24) is 10.2 Å². The lowest BCUT2D eigenvalue weighted by molar-refractivity contribution is 0.614. The van der Waals surface area contributed by atoms with Gasteiger partial charge >= 0.3 is 9.24 Å². The molecule has 1 aromatic heterocycles. The molecule has 0 aliphatic heterocycles. The van der Waals surface area contributed by atoms with E-state index in [2.05, 4.69) is 10.2 Å². The smallest absolute Gasteiger partial charge is 0.262 e. The van der Waals surface area contributed by atoms with Crippen LogP contribution in [0.1, 0.15) is 0 Å². The summed E-state index contributed by atoms with van der Waals surface area (Å²) in [5.74, 6) is 0.245. The van der Waals surface area contributed by atoms with Gasteiger partial charge < -0.3 is 0 Å². The molecule has 0 aliphatic rings. The molecule has 0 bridgehead atoms. The first-order chi connectivity index (χ1) is 4.58. The molecule has 0 spiro atoms. The van der Waals surface area contributed by atoms with E-state index in [-0.39, 0.29) is 5.82 Å². The van der Waals surface area contributed by atoms with Crippen LogP contribution in [0, 0.1) is 0 Å². The standard InChI is InChI=1S/C3H4ClN3O2S/c4-10(8,9)7-3-1-2-5-6-3/h1-2H,(H2,5,6,7). The van der Waals surface area contributed by atoms with E-state index in [1.807, 2.05) is 4.72 Å². The third-order valence-electron chi connectivity index (χ3n) is 0.733. The van der Waals surface area contributed by atoms with Gasteiger partial charge in [-0.15, -0.1) is 0 Å². The Bertz CT molecular complexity index is 292. The van der Waals surface area contributed by atoms with Gasteiger partial charge in [-0.2, -0.15) is 13.5 Å². The van der Waals surface area contributed by atoms with E-state index in [0.29, 0.717) is 0 Å². The van der Waals surface area contributed by atoms with Crippen molar-refractivity contribution in [1.29, 1.82) is 0 Å². The van der Waals surface area contributed by atoms with Gasteiger partial charge in [0.2, 0.25) is 0 Å². The highest BCUT2D eigenvalue weighted by Crippen LogP contribution is 2.04. The Morgan fingerprint density at radius 1 is 1.70 bits per heavy atom. The predicted molar refractivity (Wildman–Crippen MR) is 37.0 cm³/mol. The molecule has 0 atom stereocenters. The topological polar surface area (TPSA) is 74.8 Å². The number of anilines is 1. The van der Waals surface area contributed by atoms with Crippen LogP contribution in [0.25, 0.3) is 0 Å². The lowest BCUT2D eigenvalue weighted by Gasteiger charge is -1.93. The molecule has 0 amide bonds. The maximum absolute atomic E-state index is 10.3. The number of halogens is 1. The molecule has 0 unspecified atom stereocenters. The number of hydrogen-bond donors (Lipinski definition) is 2. The zero-order valence-corrected chi connectivity index (χ0v) is 6.28. The fourth-order valence-corrected chi connectivity index (χ4v) is 1.07. The molecule has 0 aliphatic carbocycles. The molecule has 10 heavy (non-hydrogen) atoms. The summed E-state index contributed by atoms with van der Waals surface area (Å²) in [5.41, 5.74) is 0. The second-order valence-electron chi connectivity index (χ2n) is 1.51. The Balaban J connectivity index is 2.75. The maximum atomic E-state index is 10.3. The van der Waals surface area contributed by atoms with Crippen LogP contribution >= 0.6 is 10.7 Å². The van der Waals surface area contributed by atoms with Crippen LogP contribution in [0.5, 0.6) is 0 Å². The van der Waals surface area contributed by atoms with E-state index >= 15 is 0 Å². The number of aromatic nitrogens is 2. The summed E-state index contributed by atoms with van der Waals surface area (Å²) in [6.07, 6.45) is 1.41. The second kappa shape index (κ2) is 2.47. The van der Waals surface area contributed by atoms with Crippen molar-refractivity contribution < 1.29 is 8.42 Å². The molecule has 0 fully saturated rings. The van der Waals surface area contributed by atoms with Gasteiger partial charge in [-0.25, -0.2) is 0 Å². The van der Waals surface area contributed by atoms with Gasteiger partial charge in [0.1, 0.15) is 5.82 Å². The fraction of sp³-hybridized carbons (Fsp3) is 0. The van der Waals surface area contributed by atoms with E-state index in [1.54, 1.807) is 0 Å². The average Bonchev–Trinajstić information content (AvgIpc) is 2.12. The molecular weight excluding hydrogens is 178 g/mol. The monoisotopic (exact) mass is 181 g/mol. The van der Waals surface area contributed by atoms with Crippen molar-refractivity contribution >= 4 is 25.7 Å². The number of rotatable bonds is 2. The van der Waals surface area contributed by atoms with E-state index < -0.39 is 9.24 Å². The van der Waals surface area contributed by atoms with Gasteiger partial charge in [-0.05, 0) is 0 Å². The van der Waals surface area contributed by atoms with Gasteiger partial charge in [0.25, 0.3) is 0 Å². The van der Waals surface area contributed by atoms with E-state index in [1.165, 1.54) is 12.3 Å². The van der Waals surface area contributed by atoms with Gasteiger partial charge in [0, 0.05) is 16.7 Å². The lowest BCUT2D eigenvalue weighted by atomic mass is 10.7.